The Morgan fingerprint density at radius 2 is 2.12 bits per heavy atom. The number of hydrogen-bond acceptors (Lipinski definition) is 4. The molecular weight excluding hydrogens is 216 g/mol. The van der Waals surface area contributed by atoms with Crippen LogP contribution in [0.3, 0.4) is 0 Å². The SMILES string of the molecule is CCC(N)C(c1ccc(C)o1)N(C)C(C)CO. The zero-order chi connectivity index (χ0) is 13.0. The van der Waals surface area contributed by atoms with Crippen molar-refractivity contribution in [2.75, 3.05) is 13.7 Å². The first-order valence-electron chi connectivity index (χ1n) is 6.16. The Morgan fingerprint density at radius 3 is 2.53 bits per heavy atom. The maximum absolute atomic E-state index is 9.25. The minimum atomic E-state index is -0.000417. The first kappa shape index (κ1) is 14.2. The van der Waals surface area contributed by atoms with Crippen molar-refractivity contribution in [3.05, 3.63) is 23.7 Å². The summed E-state index contributed by atoms with van der Waals surface area (Å²) in [6.45, 7) is 6.08. The van der Waals surface area contributed by atoms with E-state index in [-0.39, 0.29) is 24.7 Å². The predicted molar refractivity (Wildman–Crippen MR) is 68.8 cm³/mol. The van der Waals surface area contributed by atoms with Crippen LogP contribution in [0, 0.1) is 6.92 Å². The van der Waals surface area contributed by atoms with E-state index in [1.807, 2.05) is 33.0 Å². The van der Waals surface area contributed by atoms with Crippen LogP contribution >= 0.6 is 0 Å². The van der Waals surface area contributed by atoms with Crippen LogP contribution in [0.4, 0.5) is 0 Å². The van der Waals surface area contributed by atoms with E-state index in [4.69, 9.17) is 10.2 Å². The Balaban J connectivity index is 2.95. The Hall–Kier alpha value is -0.840. The summed E-state index contributed by atoms with van der Waals surface area (Å²) in [5.41, 5.74) is 6.17. The van der Waals surface area contributed by atoms with Crippen molar-refractivity contribution in [2.45, 2.75) is 45.3 Å². The van der Waals surface area contributed by atoms with Gasteiger partial charge in [-0.3, -0.25) is 4.90 Å². The van der Waals surface area contributed by atoms with E-state index in [0.717, 1.165) is 17.9 Å². The molecule has 0 spiro atoms. The number of furan rings is 1. The van der Waals surface area contributed by atoms with Gasteiger partial charge in [-0.25, -0.2) is 0 Å². The third-order valence-corrected chi connectivity index (χ3v) is 3.33. The van der Waals surface area contributed by atoms with Crippen LogP contribution in [-0.2, 0) is 0 Å². The minimum Gasteiger partial charge on any atom is -0.465 e. The smallest absolute Gasteiger partial charge is 0.122 e. The number of hydrogen-bond donors (Lipinski definition) is 2. The first-order chi connectivity index (χ1) is 8.01. The minimum absolute atomic E-state index is 0.000417. The van der Waals surface area contributed by atoms with Crippen molar-refractivity contribution in [3.8, 4) is 0 Å². The molecule has 0 fully saturated rings. The zero-order valence-electron chi connectivity index (χ0n) is 11.2. The van der Waals surface area contributed by atoms with E-state index in [2.05, 4.69) is 11.8 Å². The highest BCUT2D eigenvalue weighted by Crippen LogP contribution is 2.27. The third kappa shape index (κ3) is 3.31. The summed E-state index contributed by atoms with van der Waals surface area (Å²) >= 11 is 0. The number of rotatable bonds is 6. The van der Waals surface area contributed by atoms with Gasteiger partial charge in [-0.1, -0.05) is 6.92 Å². The molecule has 1 heterocycles. The molecule has 0 amide bonds. The van der Waals surface area contributed by atoms with E-state index in [1.165, 1.54) is 0 Å². The highest BCUT2D eigenvalue weighted by atomic mass is 16.3. The topological polar surface area (TPSA) is 62.6 Å². The molecule has 3 atom stereocenters. The standard InChI is InChI=1S/C13H24N2O2/c1-5-11(14)13(15(4)9(2)8-16)12-7-6-10(3)17-12/h6-7,9,11,13,16H,5,8,14H2,1-4H3. The molecule has 0 radical (unpaired) electrons. The van der Waals surface area contributed by atoms with E-state index < -0.39 is 0 Å². The molecule has 0 saturated carbocycles. The molecule has 1 aromatic rings. The van der Waals surface area contributed by atoms with Gasteiger partial charge in [0, 0.05) is 12.1 Å². The van der Waals surface area contributed by atoms with Gasteiger partial charge in [0.05, 0.1) is 12.6 Å². The van der Waals surface area contributed by atoms with Crippen molar-refractivity contribution < 1.29 is 9.52 Å². The van der Waals surface area contributed by atoms with Crippen molar-refractivity contribution in [1.82, 2.24) is 4.90 Å². The summed E-state index contributed by atoms with van der Waals surface area (Å²) in [5.74, 6) is 1.76. The molecule has 0 aliphatic carbocycles. The van der Waals surface area contributed by atoms with Gasteiger partial charge in [0.15, 0.2) is 0 Å². The van der Waals surface area contributed by atoms with E-state index >= 15 is 0 Å². The van der Waals surface area contributed by atoms with Crippen molar-refractivity contribution >= 4 is 0 Å². The molecule has 0 aliphatic heterocycles. The maximum atomic E-state index is 9.25. The molecular formula is C13H24N2O2. The highest BCUT2D eigenvalue weighted by molar-refractivity contribution is 5.12. The van der Waals surface area contributed by atoms with Crippen LogP contribution in [0.5, 0.6) is 0 Å². The second kappa shape index (κ2) is 6.19. The van der Waals surface area contributed by atoms with Gasteiger partial charge in [0.25, 0.3) is 0 Å². The second-order valence-corrected chi connectivity index (χ2v) is 4.66. The molecule has 3 unspecified atom stereocenters. The van der Waals surface area contributed by atoms with Crippen LogP contribution in [0.1, 0.15) is 37.8 Å². The van der Waals surface area contributed by atoms with Crippen molar-refractivity contribution in [1.29, 1.82) is 0 Å². The largest absolute Gasteiger partial charge is 0.465 e. The lowest BCUT2D eigenvalue weighted by Crippen LogP contribution is -2.44. The summed E-state index contributed by atoms with van der Waals surface area (Å²) in [5, 5.41) is 9.25. The van der Waals surface area contributed by atoms with Crippen molar-refractivity contribution in [2.24, 2.45) is 5.73 Å². The molecule has 1 rings (SSSR count). The summed E-state index contributed by atoms with van der Waals surface area (Å²) < 4.78 is 5.68. The monoisotopic (exact) mass is 240 g/mol. The van der Waals surface area contributed by atoms with E-state index in [9.17, 15) is 5.11 Å². The lowest BCUT2D eigenvalue weighted by molar-refractivity contribution is 0.0933. The van der Waals surface area contributed by atoms with Gasteiger partial charge in [0.2, 0.25) is 0 Å². The fourth-order valence-corrected chi connectivity index (χ4v) is 1.95. The fraction of sp³-hybridized carbons (Fsp3) is 0.692. The lowest BCUT2D eigenvalue weighted by Gasteiger charge is -2.34. The van der Waals surface area contributed by atoms with Gasteiger partial charge in [0.1, 0.15) is 11.5 Å². The Kier molecular flexibility index (Phi) is 5.18. The van der Waals surface area contributed by atoms with Crippen LogP contribution in [0.2, 0.25) is 0 Å². The van der Waals surface area contributed by atoms with Gasteiger partial charge < -0.3 is 15.3 Å². The Bertz CT molecular complexity index is 338. The first-order valence-corrected chi connectivity index (χ1v) is 6.16. The molecule has 4 heteroatoms. The van der Waals surface area contributed by atoms with E-state index in [0.29, 0.717) is 0 Å². The number of nitrogens with two attached hydrogens (primary N) is 1. The summed E-state index contributed by atoms with van der Waals surface area (Å²) in [7, 11) is 1.97. The molecule has 1 aromatic heterocycles. The molecule has 4 nitrogen and oxygen atoms in total. The van der Waals surface area contributed by atoms with Crippen LogP contribution in [0.15, 0.2) is 16.5 Å². The van der Waals surface area contributed by atoms with Gasteiger partial charge in [-0.15, -0.1) is 0 Å². The lowest BCUT2D eigenvalue weighted by atomic mass is 10.0. The molecule has 0 saturated heterocycles. The fourth-order valence-electron chi connectivity index (χ4n) is 1.95. The molecule has 0 aliphatic rings. The molecule has 98 valence electrons. The van der Waals surface area contributed by atoms with Crippen LogP contribution in [0.25, 0.3) is 0 Å². The second-order valence-electron chi connectivity index (χ2n) is 4.66. The van der Waals surface area contributed by atoms with Gasteiger partial charge in [-0.2, -0.15) is 0 Å². The quantitative estimate of drug-likeness (QED) is 0.794. The normalized spacial score (nSPS) is 17.1. The predicted octanol–water partition coefficient (Wildman–Crippen LogP) is 1.68. The van der Waals surface area contributed by atoms with Crippen LogP contribution < -0.4 is 5.73 Å². The average Bonchev–Trinajstić information content (AvgIpc) is 2.74. The third-order valence-electron chi connectivity index (χ3n) is 3.33. The van der Waals surface area contributed by atoms with Gasteiger partial charge in [-0.05, 0) is 39.4 Å². The molecule has 3 N–H and O–H groups in total. The molecule has 0 aromatic carbocycles. The zero-order valence-corrected chi connectivity index (χ0v) is 11.2. The van der Waals surface area contributed by atoms with Crippen molar-refractivity contribution in [3.63, 3.8) is 0 Å². The summed E-state index contributed by atoms with van der Waals surface area (Å²) in [6, 6.07) is 3.98. The highest BCUT2D eigenvalue weighted by Gasteiger charge is 2.28. The number of aliphatic hydroxyl groups excluding tert-OH is 1. The number of likely N-dealkylation sites (N-methyl/N-ethyl adjacent to an activating group) is 1. The number of aliphatic hydroxyl groups is 1. The molecule has 0 bridgehead atoms. The average molecular weight is 240 g/mol. The van der Waals surface area contributed by atoms with E-state index in [1.54, 1.807) is 0 Å². The summed E-state index contributed by atoms with van der Waals surface area (Å²) in [4.78, 5) is 2.08. The molecule has 17 heavy (non-hydrogen) atoms. The Labute approximate surface area is 103 Å². The number of aryl methyl sites for hydroxylation is 1. The number of nitrogens with zero attached hydrogens (tertiary/aromatic N) is 1. The maximum Gasteiger partial charge on any atom is 0.122 e. The summed E-state index contributed by atoms with van der Waals surface area (Å²) in [6.07, 6.45) is 0.868. The Morgan fingerprint density at radius 1 is 1.47 bits per heavy atom. The van der Waals surface area contributed by atoms with Gasteiger partial charge >= 0.3 is 0 Å². The van der Waals surface area contributed by atoms with Crippen LogP contribution in [-0.4, -0.2) is 35.7 Å².